The molecule has 0 spiro atoms. The average molecular weight is 197 g/mol. The first-order chi connectivity index (χ1) is 6.77. The van der Waals surface area contributed by atoms with Crippen molar-refractivity contribution in [3.63, 3.8) is 0 Å². The van der Waals surface area contributed by atoms with Gasteiger partial charge in [0.05, 0.1) is 0 Å². The second-order valence-electron chi connectivity index (χ2n) is 4.92. The van der Waals surface area contributed by atoms with Crippen LogP contribution in [-0.2, 0) is 0 Å². The van der Waals surface area contributed by atoms with Crippen molar-refractivity contribution in [3.05, 3.63) is 0 Å². The zero-order chi connectivity index (χ0) is 10.4. The summed E-state index contributed by atoms with van der Waals surface area (Å²) in [6, 6.07) is 0.738. The van der Waals surface area contributed by atoms with Crippen molar-refractivity contribution in [3.8, 4) is 0 Å². The van der Waals surface area contributed by atoms with Crippen molar-refractivity contribution in [1.29, 1.82) is 0 Å². The Kier molecular flexibility index (Phi) is 5.54. The molecule has 1 aliphatic carbocycles. The summed E-state index contributed by atoms with van der Waals surface area (Å²) in [5.41, 5.74) is 0. The lowest BCUT2D eigenvalue weighted by Crippen LogP contribution is -2.35. The van der Waals surface area contributed by atoms with E-state index in [1.807, 2.05) is 0 Å². The van der Waals surface area contributed by atoms with Crippen molar-refractivity contribution in [2.45, 2.75) is 65.3 Å². The highest BCUT2D eigenvalue weighted by Gasteiger charge is 2.23. The lowest BCUT2D eigenvalue weighted by atomic mass is 9.77. The highest BCUT2D eigenvalue weighted by molar-refractivity contribution is 4.78. The van der Waals surface area contributed by atoms with Crippen LogP contribution >= 0.6 is 0 Å². The molecule has 0 aromatic rings. The SMILES string of the molecule is CCCC1CCC(C(C)NCC)CC1. The second kappa shape index (κ2) is 6.44. The van der Waals surface area contributed by atoms with Gasteiger partial charge in [-0.25, -0.2) is 0 Å². The Morgan fingerprint density at radius 3 is 2.29 bits per heavy atom. The molecule has 84 valence electrons. The standard InChI is InChI=1S/C13H27N/c1-4-6-12-7-9-13(10-8-12)11(3)14-5-2/h11-14H,4-10H2,1-3H3. The summed E-state index contributed by atoms with van der Waals surface area (Å²) < 4.78 is 0. The van der Waals surface area contributed by atoms with Gasteiger partial charge >= 0.3 is 0 Å². The molecule has 0 aromatic heterocycles. The van der Waals surface area contributed by atoms with E-state index in [1.165, 1.54) is 38.5 Å². The quantitative estimate of drug-likeness (QED) is 0.710. The summed E-state index contributed by atoms with van der Waals surface area (Å²) in [6.07, 6.45) is 8.71. The Labute approximate surface area is 89.7 Å². The molecule has 1 atom stereocenters. The minimum atomic E-state index is 0.738. The van der Waals surface area contributed by atoms with E-state index >= 15 is 0 Å². The maximum absolute atomic E-state index is 3.56. The predicted molar refractivity (Wildman–Crippen MR) is 63.5 cm³/mol. The summed E-state index contributed by atoms with van der Waals surface area (Å²) in [6.45, 7) is 8.00. The fraction of sp³-hybridized carbons (Fsp3) is 1.00. The summed E-state index contributed by atoms with van der Waals surface area (Å²) in [4.78, 5) is 0. The monoisotopic (exact) mass is 197 g/mol. The van der Waals surface area contributed by atoms with E-state index in [4.69, 9.17) is 0 Å². The molecule has 0 saturated heterocycles. The first kappa shape index (κ1) is 12.0. The second-order valence-corrected chi connectivity index (χ2v) is 4.92. The third-order valence-electron chi connectivity index (χ3n) is 3.82. The first-order valence-electron chi connectivity index (χ1n) is 6.51. The van der Waals surface area contributed by atoms with Gasteiger partial charge in [-0.05, 0) is 38.1 Å². The summed E-state index contributed by atoms with van der Waals surface area (Å²) in [5.74, 6) is 1.99. The van der Waals surface area contributed by atoms with Crippen LogP contribution in [0.5, 0.6) is 0 Å². The van der Waals surface area contributed by atoms with E-state index in [0.29, 0.717) is 0 Å². The van der Waals surface area contributed by atoms with Gasteiger partial charge < -0.3 is 5.32 Å². The van der Waals surface area contributed by atoms with Crippen LogP contribution in [0.2, 0.25) is 0 Å². The van der Waals surface area contributed by atoms with Crippen LogP contribution in [0.15, 0.2) is 0 Å². The molecule has 0 aromatic carbocycles. The molecule has 1 fully saturated rings. The minimum Gasteiger partial charge on any atom is -0.314 e. The summed E-state index contributed by atoms with van der Waals surface area (Å²) >= 11 is 0. The highest BCUT2D eigenvalue weighted by atomic mass is 14.9. The topological polar surface area (TPSA) is 12.0 Å². The number of hydrogen-bond donors (Lipinski definition) is 1. The lowest BCUT2D eigenvalue weighted by Gasteiger charge is -2.32. The van der Waals surface area contributed by atoms with Crippen LogP contribution in [0.25, 0.3) is 0 Å². The van der Waals surface area contributed by atoms with Crippen molar-refractivity contribution in [2.24, 2.45) is 11.8 Å². The zero-order valence-electron chi connectivity index (χ0n) is 10.2. The van der Waals surface area contributed by atoms with Gasteiger partial charge in [-0.1, -0.05) is 39.5 Å². The maximum Gasteiger partial charge on any atom is 0.00668 e. The third-order valence-corrected chi connectivity index (χ3v) is 3.82. The smallest absolute Gasteiger partial charge is 0.00668 e. The van der Waals surface area contributed by atoms with Crippen LogP contribution in [-0.4, -0.2) is 12.6 Å². The molecular weight excluding hydrogens is 170 g/mol. The van der Waals surface area contributed by atoms with Crippen LogP contribution in [0.4, 0.5) is 0 Å². The van der Waals surface area contributed by atoms with E-state index in [1.54, 1.807) is 0 Å². The molecule has 1 aliphatic rings. The molecule has 1 nitrogen and oxygen atoms in total. The molecule has 0 heterocycles. The van der Waals surface area contributed by atoms with Crippen molar-refractivity contribution in [2.75, 3.05) is 6.54 Å². The van der Waals surface area contributed by atoms with Gasteiger partial charge in [-0.15, -0.1) is 0 Å². The molecule has 0 amide bonds. The van der Waals surface area contributed by atoms with Crippen LogP contribution in [0, 0.1) is 11.8 Å². The Hall–Kier alpha value is -0.0400. The molecule has 1 unspecified atom stereocenters. The van der Waals surface area contributed by atoms with Gasteiger partial charge in [0.25, 0.3) is 0 Å². The van der Waals surface area contributed by atoms with Gasteiger partial charge in [0, 0.05) is 6.04 Å². The molecule has 1 heteroatoms. The first-order valence-corrected chi connectivity index (χ1v) is 6.51. The number of nitrogens with one attached hydrogen (secondary N) is 1. The Morgan fingerprint density at radius 1 is 1.14 bits per heavy atom. The van der Waals surface area contributed by atoms with Crippen molar-refractivity contribution < 1.29 is 0 Å². The molecule has 0 radical (unpaired) electrons. The van der Waals surface area contributed by atoms with Crippen molar-refractivity contribution >= 4 is 0 Å². The minimum absolute atomic E-state index is 0.738. The Balaban J connectivity index is 2.21. The third kappa shape index (κ3) is 3.61. The van der Waals surface area contributed by atoms with Gasteiger partial charge in [0.15, 0.2) is 0 Å². The Bertz CT molecular complexity index is 136. The normalized spacial score (nSPS) is 30.2. The summed E-state index contributed by atoms with van der Waals surface area (Å²) in [5, 5.41) is 3.56. The maximum atomic E-state index is 3.56. The lowest BCUT2D eigenvalue weighted by molar-refractivity contribution is 0.222. The van der Waals surface area contributed by atoms with Gasteiger partial charge in [0.1, 0.15) is 0 Å². The predicted octanol–water partition coefficient (Wildman–Crippen LogP) is 3.59. The molecule has 0 aliphatic heterocycles. The van der Waals surface area contributed by atoms with Crippen LogP contribution < -0.4 is 5.32 Å². The molecule has 1 rings (SSSR count). The molecule has 1 saturated carbocycles. The molecular formula is C13H27N. The van der Waals surface area contributed by atoms with Crippen LogP contribution in [0.1, 0.15) is 59.3 Å². The highest BCUT2D eigenvalue weighted by Crippen LogP contribution is 2.33. The Morgan fingerprint density at radius 2 is 1.79 bits per heavy atom. The molecule has 14 heavy (non-hydrogen) atoms. The number of rotatable bonds is 5. The van der Waals surface area contributed by atoms with Gasteiger partial charge in [-0.3, -0.25) is 0 Å². The van der Waals surface area contributed by atoms with Gasteiger partial charge in [0.2, 0.25) is 0 Å². The molecule has 0 bridgehead atoms. The fourth-order valence-electron chi connectivity index (χ4n) is 2.87. The van der Waals surface area contributed by atoms with Crippen LogP contribution in [0.3, 0.4) is 0 Å². The van der Waals surface area contributed by atoms with E-state index in [2.05, 4.69) is 26.1 Å². The zero-order valence-corrected chi connectivity index (χ0v) is 10.2. The van der Waals surface area contributed by atoms with E-state index < -0.39 is 0 Å². The van der Waals surface area contributed by atoms with E-state index in [9.17, 15) is 0 Å². The number of hydrogen-bond acceptors (Lipinski definition) is 1. The largest absolute Gasteiger partial charge is 0.314 e. The van der Waals surface area contributed by atoms with Gasteiger partial charge in [-0.2, -0.15) is 0 Å². The summed E-state index contributed by atoms with van der Waals surface area (Å²) in [7, 11) is 0. The fourth-order valence-corrected chi connectivity index (χ4v) is 2.87. The van der Waals surface area contributed by atoms with E-state index in [0.717, 1.165) is 24.4 Å². The average Bonchev–Trinajstić information content (AvgIpc) is 2.20. The van der Waals surface area contributed by atoms with E-state index in [-0.39, 0.29) is 0 Å². The molecule has 1 N–H and O–H groups in total. The van der Waals surface area contributed by atoms with Crippen molar-refractivity contribution in [1.82, 2.24) is 5.32 Å².